The number of nitrogens with zero attached hydrogens (tertiary/aromatic N) is 1. The average Bonchev–Trinajstić information content (AvgIpc) is 2.80. The van der Waals surface area contributed by atoms with Gasteiger partial charge in [0.05, 0.1) is 13.1 Å². The number of para-hydroxylation sites is 1. The van der Waals surface area contributed by atoms with E-state index in [0.717, 1.165) is 15.8 Å². The highest BCUT2D eigenvalue weighted by molar-refractivity contribution is 6.08. The highest BCUT2D eigenvalue weighted by atomic mass is 19.4. The van der Waals surface area contributed by atoms with E-state index in [-0.39, 0.29) is 18.4 Å². The van der Waals surface area contributed by atoms with Crippen LogP contribution in [0.25, 0.3) is 10.9 Å². The molecule has 2 rings (SSSR count). The summed E-state index contributed by atoms with van der Waals surface area (Å²) in [5, 5.41) is 0.734. The highest BCUT2D eigenvalue weighted by Crippen LogP contribution is 2.21. The normalized spacial score (nSPS) is 12.5. The van der Waals surface area contributed by atoms with Gasteiger partial charge in [-0.15, -0.1) is 0 Å². The minimum atomic E-state index is -4.31. The molecule has 1 heterocycles. The van der Waals surface area contributed by atoms with E-state index in [0.29, 0.717) is 5.56 Å². The maximum Gasteiger partial charge on any atom is 0.401 e. The molecule has 3 nitrogen and oxygen atoms in total. The molecule has 0 saturated carbocycles. The van der Waals surface area contributed by atoms with Crippen LogP contribution in [0, 0.1) is 0 Å². The van der Waals surface area contributed by atoms with E-state index in [2.05, 4.69) is 4.98 Å². The van der Waals surface area contributed by atoms with Gasteiger partial charge in [-0.3, -0.25) is 9.69 Å². The van der Waals surface area contributed by atoms with Crippen molar-refractivity contribution < 1.29 is 18.0 Å². The van der Waals surface area contributed by atoms with E-state index >= 15 is 0 Å². The summed E-state index contributed by atoms with van der Waals surface area (Å²) < 4.78 is 37.7. The van der Waals surface area contributed by atoms with Gasteiger partial charge >= 0.3 is 6.18 Å². The minimum Gasteiger partial charge on any atom is -0.360 e. The van der Waals surface area contributed by atoms with Gasteiger partial charge in [-0.2, -0.15) is 13.2 Å². The van der Waals surface area contributed by atoms with Crippen molar-refractivity contribution in [2.24, 2.45) is 0 Å². The lowest BCUT2D eigenvalue weighted by molar-refractivity contribution is -0.148. The molecule has 0 saturated heterocycles. The second-order valence-corrected chi connectivity index (χ2v) is 5.29. The van der Waals surface area contributed by atoms with Crippen LogP contribution >= 0.6 is 0 Å². The first-order chi connectivity index (χ1) is 9.78. The third-order valence-corrected chi connectivity index (χ3v) is 3.35. The number of ketones is 1. The fourth-order valence-corrected chi connectivity index (χ4v) is 2.22. The summed E-state index contributed by atoms with van der Waals surface area (Å²) in [6, 6.07) is 6.87. The average molecular weight is 298 g/mol. The molecule has 0 atom stereocenters. The zero-order chi connectivity index (χ0) is 15.6. The fraction of sp³-hybridized carbons (Fsp3) is 0.400. The Labute approximate surface area is 120 Å². The summed E-state index contributed by atoms with van der Waals surface area (Å²) in [5.74, 6) is -0.314. The van der Waals surface area contributed by atoms with Crippen LogP contribution < -0.4 is 0 Å². The van der Waals surface area contributed by atoms with Gasteiger partial charge in [0.15, 0.2) is 5.78 Å². The number of H-pyrrole nitrogens is 1. The Morgan fingerprint density at radius 1 is 1.29 bits per heavy atom. The van der Waals surface area contributed by atoms with E-state index in [1.807, 2.05) is 12.1 Å². The Balaban J connectivity index is 2.19. The van der Waals surface area contributed by atoms with E-state index < -0.39 is 12.7 Å². The lowest BCUT2D eigenvalue weighted by Crippen LogP contribution is -2.42. The number of fused-ring (bicyclic) bond motifs is 1. The quantitative estimate of drug-likeness (QED) is 0.856. The maximum absolute atomic E-state index is 12.6. The van der Waals surface area contributed by atoms with Crippen LogP contribution in [-0.2, 0) is 0 Å². The van der Waals surface area contributed by atoms with Gasteiger partial charge in [0.1, 0.15) is 0 Å². The second kappa shape index (κ2) is 5.89. The van der Waals surface area contributed by atoms with Crippen molar-refractivity contribution in [3.8, 4) is 0 Å². The van der Waals surface area contributed by atoms with Crippen LogP contribution in [-0.4, -0.2) is 41.0 Å². The summed E-state index contributed by atoms with van der Waals surface area (Å²) in [7, 11) is 0. The van der Waals surface area contributed by atoms with Crippen molar-refractivity contribution in [3.05, 3.63) is 36.0 Å². The second-order valence-electron chi connectivity index (χ2n) is 5.29. The Morgan fingerprint density at radius 2 is 1.95 bits per heavy atom. The number of benzene rings is 1. The van der Waals surface area contributed by atoms with E-state index in [1.165, 1.54) is 0 Å². The van der Waals surface area contributed by atoms with E-state index in [9.17, 15) is 18.0 Å². The molecule has 0 unspecified atom stereocenters. The summed E-state index contributed by atoms with van der Waals surface area (Å²) in [5.41, 5.74) is 1.23. The number of hydrogen-bond donors (Lipinski definition) is 1. The maximum atomic E-state index is 12.6. The van der Waals surface area contributed by atoms with E-state index in [4.69, 9.17) is 0 Å². The van der Waals surface area contributed by atoms with Crippen LogP contribution in [0.1, 0.15) is 24.2 Å². The van der Waals surface area contributed by atoms with Crippen LogP contribution in [0.2, 0.25) is 0 Å². The summed E-state index contributed by atoms with van der Waals surface area (Å²) in [6.45, 7) is 1.96. The van der Waals surface area contributed by atoms with Crippen molar-refractivity contribution in [1.29, 1.82) is 0 Å². The summed E-state index contributed by atoms with van der Waals surface area (Å²) in [4.78, 5) is 16.4. The van der Waals surface area contributed by atoms with Gasteiger partial charge in [-0.05, 0) is 19.9 Å². The molecule has 0 aliphatic carbocycles. The van der Waals surface area contributed by atoms with Gasteiger partial charge in [0.25, 0.3) is 0 Å². The smallest absolute Gasteiger partial charge is 0.360 e. The SMILES string of the molecule is CC(C)N(CC(=O)c1c[nH]c2ccccc12)CC(F)(F)F. The molecule has 6 heteroatoms. The van der Waals surface area contributed by atoms with Crippen LogP contribution in [0.3, 0.4) is 0 Å². The zero-order valence-electron chi connectivity index (χ0n) is 11.9. The number of carbonyl (C=O) groups excluding carboxylic acids is 1. The molecule has 2 aromatic rings. The van der Waals surface area contributed by atoms with Gasteiger partial charge < -0.3 is 4.98 Å². The number of halogens is 3. The van der Waals surface area contributed by atoms with Crippen molar-refractivity contribution in [2.45, 2.75) is 26.1 Å². The van der Waals surface area contributed by atoms with E-state index in [1.54, 1.807) is 32.2 Å². The minimum absolute atomic E-state index is 0.251. The number of nitrogens with one attached hydrogen (secondary N) is 1. The number of hydrogen-bond acceptors (Lipinski definition) is 2. The molecule has 0 bridgehead atoms. The predicted molar refractivity (Wildman–Crippen MR) is 75.4 cm³/mol. The highest BCUT2D eigenvalue weighted by Gasteiger charge is 2.32. The number of alkyl halides is 3. The number of carbonyl (C=O) groups is 1. The third-order valence-electron chi connectivity index (χ3n) is 3.35. The molecule has 0 spiro atoms. The largest absolute Gasteiger partial charge is 0.401 e. The number of Topliss-reactive ketones (excluding diaryl/α,β-unsaturated/α-hetero) is 1. The molecule has 1 aromatic heterocycles. The lowest BCUT2D eigenvalue weighted by atomic mass is 10.1. The Hall–Kier alpha value is -1.82. The van der Waals surface area contributed by atoms with Crippen molar-refractivity contribution in [1.82, 2.24) is 9.88 Å². The molecule has 0 aliphatic rings. The van der Waals surface area contributed by atoms with Gasteiger partial charge in [-0.25, -0.2) is 0 Å². The number of aromatic nitrogens is 1. The Bertz CT molecular complexity index is 631. The number of rotatable bonds is 5. The van der Waals surface area contributed by atoms with Crippen molar-refractivity contribution >= 4 is 16.7 Å². The first-order valence-electron chi connectivity index (χ1n) is 6.68. The first kappa shape index (κ1) is 15.6. The van der Waals surface area contributed by atoms with Gasteiger partial charge in [0.2, 0.25) is 0 Å². The molecule has 1 aromatic carbocycles. The van der Waals surface area contributed by atoms with Crippen LogP contribution in [0.5, 0.6) is 0 Å². The molecule has 114 valence electrons. The fourth-order valence-electron chi connectivity index (χ4n) is 2.22. The molecular weight excluding hydrogens is 281 g/mol. The standard InChI is InChI=1S/C15H17F3N2O/c1-10(2)20(9-15(16,17)18)8-14(21)12-7-19-13-6-4-3-5-11(12)13/h3-7,10,19H,8-9H2,1-2H3. The van der Waals surface area contributed by atoms with Crippen LogP contribution in [0.4, 0.5) is 13.2 Å². The van der Waals surface area contributed by atoms with Crippen LogP contribution in [0.15, 0.2) is 30.5 Å². The third kappa shape index (κ3) is 3.85. The Morgan fingerprint density at radius 3 is 2.57 bits per heavy atom. The molecule has 0 aliphatic heterocycles. The molecule has 0 fully saturated rings. The van der Waals surface area contributed by atoms with Gasteiger partial charge in [-0.1, -0.05) is 18.2 Å². The summed E-state index contributed by atoms with van der Waals surface area (Å²) in [6.07, 6.45) is -2.76. The monoisotopic (exact) mass is 298 g/mol. The van der Waals surface area contributed by atoms with Crippen molar-refractivity contribution in [2.75, 3.05) is 13.1 Å². The number of aromatic amines is 1. The zero-order valence-corrected chi connectivity index (χ0v) is 11.9. The molecule has 0 radical (unpaired) electrons. The first-order valence-corrected chi connectivity index (χ1v) is 6.68. The van der Waals surface area contributed by atoms with Gasteiger partial charge in [0, 0.05) is 28.7 Å². The molecule has 0 amide bonds. The molecular formula is C15H17F3N2O. The summed E-state index contributed by atoms with van der Waals surface area (Å²) >= 11 is 0. The topological polar surface area (TPSA) is 36.1 Å². The van der Waals surface area contributed by atoms with Crippen molar-refractivity contribution in [3.63, 3.8) is 0 Å². The molecule has 1 N–H and O–H groups in total. The Kier molecular flexibility index (Phi) is 4.37. The predicted octanol–water partition coefficient (Wildman–Crippen LogP) is 3.62. The molecule has 21 heavy (non-hydrogen) atoms. The lowest BCUT2D eigenvalue weighted by Gasteiger charge is -2.26.